The summed E-state index contributed by atoms with van der Waals surface area (Å²) < 4.78 is 10.5. The zero-order valence-corrected chi connectivity index (χ0v) is 17.8. The molecule has 0 atom stereocenters. The average Bonchev–Trinajstić information content (AvgIpc) is 2.71. The first-order valence-corrected chi connectivity index (χ1v) is 10.1. The van der Waals surface area contributed by atoms with E-state index in [0.29, 0.717) is 38.9 Å². The van der Waals surface area contributed by atoms with E-state index >= 15 is 0 Å². The molecule has 0 unspecified atom stereocenters. The van der Waals surface area contributed by atoms with Crippen molar-refractivity contribution in [1.29, 1.82) is 0 Å². The topological polar surface area (TPSA) is 84.9 Å². The van der Waals surface area contributed by atoms with Gasteiger partial charge in [-0.2, -0.15) is 0 Å². The molecule has 2 amide bonds. The molecule has 2 rings (SSSR count). The Morgan fingerprint density at radius 2 is 1.79 bits per heavy atom. The lowest BCUT2D eigenvalue weighted by atomic mass is 9.91. The van der Waals surface area contributed by atoms with Crippen molar-refractivity contribution in [3.8, 4) is 5.75 Å². The van der Waals surface area contributed by atoms with Crippen molar-refractivity contribution >= 4 is 17.8 Å². The van der Waals surface area contributed by atoms with E-state index in [1.54, 1.807) is 12.0 Å². The molecular weight excluding hydrogens is 372 g/mol. The van der Waals surface area contributed by atoms with E-state index in [-0.39, 0.29) is 30.3 Å². The number of hydrogen-bond donors (Lipinski definition) is 1. The highest BCUT2D eigenvalue weighted by Crippen LogP contribution is 2.24. The molecule has 1 aliphatic heterocycles. The van der Waals surface area contributed by atoms with Gasteiger partial charge in [-0.1, -0.05) is 39.0 Å². The second-order valence-electron chi connectivity index (χ2n) is 8.34. The van der Waals surface area contributed by atoms with Crippen LogP contribution < -0.4 is 10.1 Å². The van der Waals surface area contributed by atoms with E-state index in [1.165, 1.54) is 0 Å². The van der Waals surface area contributed by atoms with E-state index in [0.717, 1.165) is 11.3 Å². The van der Waals surface area contributed by atoms with Crippen molar-refractivity contribution in [2.24, 2.45) is 11.3 Å². The molecule has 0 bridgehead atoms. The summed E-state index contributed by atoms with van der Waals surface area (Å²) in [7, 11) is 1.61. The Morgan fingerprint density at radius 3 is 2.41 bits per heavy atom. The zero-order valence-electron chi connectivity index (χ0n) is 17.8. The van der Waals surface area contributed by atoms with Gasteiger partial charge in [0.2, 0.25) is 5.91 Å². The molecule has 1 N–H and O–H groups in total. The van der Waals surface area contributed by atoms with Crippen LogP contribution in [0, 0.1) is 11.3 Å². The molecular formula is C22H32N2O5. The first-order valence-electron chi connectivity index (χ1n) is 10.1. The van der Waals surface area contributed by atoms with Crippen LogP contribution in [0.4, 0.5) is 0 Å². The summed E-state index contributed by atoms with van der Waals surface area (Å²) in [6.07, 6.45) is 1.76. The number of piperidine rings is 1. The van der Waals surface area contributed by atoms with Gasteiger partial charge in [-0.15, -0.1) is 0 Å². The highest BCUT2D eigenvalue weighted by atomic mass is 16.5. The van der Waals surface area contributed by atoms with Crippen molar-refractivity contribution in [2.75, 3.05) is 33.4 Å². The lowest BCUT2D eigenvalue weighted by Gasteiger charge is -2.34. The van der Waals surface area contributed by atoms with Crippen LogP contribution >= 0.6 is 0 Å². The molecule has 0 aromatic heterocycles. The largest absolute Gasteiger partial charge is 0.496 e. The molecule has 7 nitrogen and oxygen atoms in total. The maximum Gasteiger partial charge on any atom is 0.309 e. The highest BCUT2D eigenvalue weighted by molar-refractivity contribution is 5.83. The summed E-state index contributed by atoms with van der Waals surface area (Å²) in [6.45, 7) is 6.91. The van der Waals surface area contributed by atoms with Crippen molar-refractivity contribution in [2.45, 2.75) is 40.0 Å². The van der Waals surface area contributed by atoms with Gasteiger partial charge in [0.1, 0.15) is 5.75 Å². The molecule has 1 aliphatic rings. The predicted octanol–water partition coefficient (Wildman–Crippen LogP) is 2.18. The number of benzene rings is 1. The van der Waals surface area contributed by atoms with Crippen molar-refractivity contribution in [3.63, 3.8) is 0 Å². The van der Waals surface area contributed by atoms with Gasteiger partial charge in [0.25, 0.3) is 5.91 Å². The molecule has 0 aliphatic carbocycles. The number of para-hydroxylation sites is 1. The Balaban J connectivity index is 1.67. The number of carbonyl (C=O) groups is 3. The molecule has 160 valence electrons. The summed E-state index contributed by atoms with van der Waals surface area (Å²) in [5, 5.41) is 2.75. The Hall–Kier alpha value is -2.57. The zero-order chi connectivity index (χ0) is 21.4. The number of nitrogens with one attached hydrogen (secondary N) is 1. The summed E-state index contributed by atoms with van der Waals surface area (Å²) in [5.41, 5.74) is 0.582. The van der Waals surface area contributed by atoms with Crippen molar-refractivity contribution < 1.29 is 23.9 Å². The van der Waals surface area contributed by atoms with Crippen LogP contribution in [0.5, 0.6) is 5.75 Å². The van der Waals surface area contributed by atoms with Gasteiger partial charge < -0.3 is 19.7 Å². The van der Waals surface area contributed by atoms with Crippen LogP contribution in [0.3, 0.4) is 0 Å². The maximum absolute atomic E-state index is 12.3. The standard InChI is InChI=1S/C22H32N2O5/c1-22(2,3)21(27)24-13-10-17(11-14-24)20(26)29-15-19(25)23-12-9-16-7-5-6-8-18(16)28-4/h5-8,17H,9-15H2,1-4H3,(H,23,25). The third kappa shape index (κ3) is 6.76. The summed E-state index contributed by atoms with van der Waals surface area (Å²) in [4.78, 5) is 38.3. The third-order valence-corrected chi connectivity index (χ3v) is 5.01. The molecule has 0 radical (unpaired) electrons. The number of nitrogens with zero attached hydrogens (tertiary/aromatic N) is 1. The number of carbonyl (C=O) groups excluding carboxylic acids is 3. The van der Waals surface area contributed by atoms with E-state index in [9.17, 15) is 14.4 Å². The minimum absolute atomic E-state index is 0.0961. The van der Waals surface area contributed by atoms with Crippen LogP contribution in [-0.2, 0) is 25.5 Å². The van der Waals surface area contributed by atoms with E-state index in [4.69, 9.17) is 9.47 Å². The Kier molecular flexibility index (Phi) is 8.05. The molecule has 7 heteroatoms. The number of esters is 1. The number of methoxy groups -OCH3 is 1. The fourth-order valence-electron chi connectivity index (χ4n) is 3.34. The molecule has 0 saturated carbocycles. The van der Waals surface area contributed by atoms with Crippen LogP contribution in [-0.4, -0.2) is 56.0 Å². The van der Waals surface area contributed by atoms with Gasteiger partial charge >= 0.3 is 5.97 Å². The normalized spacial score (nSPS) is 15.0. The second-order valence-corrected chi connectivity index (χ2v) is 8.34. The molecule has 1 aromatic carbocycles. The minimum Gasteiger partial charge on any atom is -0.496 e. The van der Waals surface area contributed by atoms with Gasteiger partial charge in [0.15, 0.2) is 6.61 Å². The Labute approximate surface area is 172 Å². The van der Waals surface area contributed by atoms with Gasteiger partial charge in [0, 0.05) is 25.0 Å². The molecule has 1 aromatic rings. The molecule has 29 heavy (non-hydrogen) atoms. The monoisotopic (exact) mass is 404 g/mol. The number of rotatable bonds is 7. The van der Waals surface area contributed by atoms with E-state index < -0.39 is 5.41 Å². The lowest BCUT2D eigenvalue weighted by Crippen LogP contribution is -2.45. The van der Waals surface area contributed by atoms with Crippen LogP contribution in [0.25, 0.3) is 0 Å². The molecule has 0 spiro atoms. The Morgan fingerprint density at radius 1 is 1.14 bits per heavy atom. The third-order valence-electron chi connectivity index (χ3n) is 5.01. The maximum atomic E-state index is 12.3. The molecule has 1 saturated heterocycles. The first-order chi connectivity index (χ1) is 13.7. The first kappa shape index (κ1) is 22.7. The van der Waals surface area contributed by atoms with Gasteiger partial charge in [0.05, 0.1) is 13.0 Å². The van der Waals surface area contributed by atoms with E-state index in [2.05, 4.69) is 5.32 Å². The van der Waals surface area contributed by atoms with Crippen molar-refractivity contribution in [1.82, 2.24) is 10.2 Å². The number of ether oxygens (including phenoxy) is 2. The Bertz CT molecular complexity index is 718. The van der Waals surface area contributed by atoms with Crippen LogP contribution in [0.1, 0.15) is 39.2 Å². The summed E-state index contributed by atoms with van der Waals surface area (Å²) >= 11 is 0. The number of hydrogen-bond acceptors (Lipinski definition) is 5. The lowest BCUT2D eigenvalue weighted by molar-refractivity contribution is -0.155. The van der Waals surface area contributed by atoms with Gasteiger partial charge in [-0.05, 0) is 30.9 Å². The molecule has 1 heterocycles. The predicted molar refractivity (Wildman–Crippen MR) is 109 cm³/mol. The SMILES string of the molecule is COc1ccccc1CCNC(=O)COC(=O)C1CCN(C(=O)C(C)(C)C)CC1. The van der Waals surface area contributed by atoms with Crippen molar-refractivity contribution in [3.05, 3.63) is 29.8 Å². The molecule has 1 fully saturated rings. The summed E-state index contributed by atoms with van der Waals surface area (Å²) in [5.74, 6) is -0.0788. The van der Waals surface area contributed by atoms with Gasteiger partial charge in [-0.3, -0.25) is 14.4 Å². The van der Waals surface area contributed by atoms with Gasteiger partial charge in [-0.25, -0.2) is 0 Å². The smallest absolute Gasteiger partial charge is 0.309 e. The number of likely N-dealkylation sites (tertiary alicyclic amines) is 1. The highest BCUT2D eigenvalue weighted by Gasteiger charge is 2.33. The van der Waals surface area contributed by atoms with Crippen LogP contribution in [0.2, 0.25) is 0 Å². The second kappa shape index (κ2) is 10.3. The van der Waals surface area contributed by atoms with Crippen LogP contribution in [0.15, 0.2) is 24.3 Å². The average molecular weight is 405 g/mol. The fourth-order valence-corrected chi connectivity index (χ4v) is 3.34. The van der Waals surface area contributed by atoms with E-state index in [1.807, 2.05) is 45.0 Å². The quantitative estimate of drug-likeness (QED) is 0.704. The fraction of sp³-hybridized carbons (Fsp3) is 0.591. The summed E-state index contributed by atoms with van der Waals surface area (Å²) in [6, 6.07) is 7.63. The number of amides is 2. The minimum atomic E-state index is -0.421.